The highest BCUT2D eigenvalue weighted by Crippen LogP contribution is 2.30. The molecular weight excluding hydrogens is 238 g/mol. The fourth-order valence-electron chi connectivity index (χ4n) is 1.61. The Morgan fingerprint density at radius 2 is 2.12 bits per heavy atom. The van der Waals surface area contributed by atoms with Crippen molar-refractivity contribution in [2.24, 2.45) is 0 Å². The van der Waals surface area contributed by atoms with Crippen LogP contribution < -0.4 is 9.46 Å². The van der Waals surface area contributed by atoms with E-state index >= 15 is 0 Å². The lowest BCUT2D eigenvalue weighted by Gasteiger charge is -2.12. The summed E-state index contributed by atoms with van der Waals surface area (Å²) in [4.78, 5) is 0. The van der Waals surface area contributed by atoms with Crippen LogP contribution in [0.3, 0.4) is 0 Å². The second kappa shape index (κ2) is 4.56. The van der Waals surface area contributed by atoms with Gasteiger partial charge in [-0.1, -0.05) is 13.0 Å². The summed E-state index contributed by atoms with van der Waals surface area (Å²) in [5.74, 6) is 0.732. The predicted molar refractivity (Wildman–Crippen MR) is 67.9 cm³/mol. The number of aryl methyl sites for hydroxylation is 1. The molecule has 4 nitrogen and oxygen atoms in total. The second-order valence-electron chi connectivity index (χ2n) is 4.36. The second-order valence-corrected chi connectivity index (χ2v) is 6.11. The van der Waals surface area contributed by atoms with E-state index in [0.717, 1.165) is 36.8 Å². The minimum absolute atomic E-state index is 0.313. The number of hydrogen-bond acceptors (Lipinski definition) is 3. The summed E-state index contributed by atoms with van der Waals surface area (Å²) >= 11 is 0. The van der Waals surface area contributed by atoms with E-state index in [9.17, 15) is 8.42 Å². The van der Waals surface area contributed by atoms with Crippen molar-refractivity contribution in [3.8, 4) is 5.75 Å². The maximum absolute atomic E-state index is 11.3. The third-order valence-electron chi connectivity index (χ3n) is 2.58. The van der Waals surface area contributed by atoms with Gasteiger partial charge in [0.05, 0.1) is 18.0 Å². The Labute approximate surface area is 102 Å². The summed E-state index contributed by atoms with van der Waals surface area (Å²) in [6, 6.07) is 5.56. The molecule has 1 saturated carbocycles. The molecule has 1 aromatic rings. The topological polar surface area (TPSA) is 55.4 Å². The SMILES string of the molecule is CCc1ccc(OC2CC2)cc1NS(C)(=O)=O. The normalized spacial score (nSPS) is 15.6. The van der Waals surface area contributed by atoms with Crippen molar-refractivity contribution in [1.29, 1.82) is 0 Å². The van der Waals surface area contributed by atoms with Crippen LogP contribution in [0.4, 0.5) is 5.69 Å². The molecule has 0 spiro atoms. The first kappa shape index (κ1) is 12.2. The number of nitrogens with one attached hydrogen (secondary N) is 1. The molecule has 0 aliphatic heterocycles. The number of benzene rings is 1. The average Bonchev–Trinajstić information content (AvgIpc) is 3.00. The molecule has 0 amide bonds. The Bertz CT molecular complexity index is 506. The van der Waals surface area contributed by atoms with Crippen LogP contribution in [-0.2, 0) is 16.4 Å². The molecule has 94 valence electrons. The van der Waals surface area contributed by atoms with Crippen molar-refractivity contribution in [2.75, 3.05) is 11.0 Å². The fraction of sp³-hybridized carbons (Fsp3) is 0.500. The first-order chi connectivity index (χ1) is 7.98. The molecular formula is C12H17NO3S. The number of ether oxygens (including phenoxy) is 1. The van der Waals surface area contributed by atoms with E-state index in [0.29, 0.717) is 11.8 Å². The van der Waals surface area contributed by atoms with Crippen LogP contribution in [0.25, 0.3) is 0 Å². The van der Waals surface area contributed by atoms with Gasteiger partial charge in [-0.2, -0.15) is 0 Å². The summed E-state index contributed by atoms with van der Waals surface area (Å²) in [5, 5.41) is 0. The van der Waals surface area contributed by atoms with Crippen LogP contribution in [0.2, 0.25) is 0 Å². The lowest BCUT2D eigenvalue weighted by molar-refractivity contribution is 0.303. The summed E-state index contributed by atoms with van der Waals surface area (Å²) < 4.78 is 30.7. The van der Waals surface area contributed by atoms with Crippen LogP contribution >= 0.6 is 0 Å². The lowest BCUT2D eigenvalue weighted by Crippen LogP contribution is -2.11. The van der Waals surface area contributed by atoms with Crippen LogP contribution in [0, 0.1) is 0 Å². The summed E-state index contributed by atoms with van der Waals surface area (Å²) in [7, 11) is -3.24. The molecule has 2 rings (SSSR count). The number of sulfonamides is 1. The van der Waals surface area contributed by atoms with Gasteiger partial charge in [-0.25, -0.2) is 8.42 Å². The number of hydrogen-bond donors (Lipinski definition) is 1. The Hall–Kier alpha value is -1.23. The first-order valence-corrected chi connectivity index (χ1v) is 7.64. The molecule has 0 atom stereocenters. The highest BCUT2D eigenvalue weighted by Gasteiger charge is 2.23. The number of anilines is 1. The Morgan fingerprint density at radius 3 is 2.65 bits per heavy atom. The largest absolute Gasteiger partial charge is 0.490 e. The minimum atomic E-state index is -3.24. The zero-order chi connectivity index (χ0) is 12.5. The molecule has 1 aliphatic carbocycles. The monoisotopic (exact) mass is 255 g/mol. The van der Waals surface area contributed by atoms with Gasteiger partial charge in [0.25, 0.3) is 0 Å². The van der Waals surface area contributed by atoms with Crippen molar-refractivity contribution >= 4 is 15.7 Å². The molecule has 1 aliphatic rings. The fourth-order valence-corrected chi connectivity index (χ4v) is 2.20. The third-order valence-corrected chi connectivity index (χ3v) is 3.18. The molecule has 17 heavy (non-hydrogen) atoms. The van der Waals surface area contributed by atoms with Gasteiger partial charge in [-0.3, -0.25) is 4.72 Å². The van der Waals surface area contributed by atoms with Crippen molar-refractivity contribution in [3.63, 3.8) is 0 Å². The Balaban J connectivity index is 2.24. The molecule has 0 unspecified atom stereocenters. The summed E-state index contributed by atoms with van der Waals surface area (Å²) in [6.07, 6.45) is 4.42. The van der Waals surface area contributed by atoms with Crippen molar-refractivity contribution in [3.05, 3.63) is 23.8 Å². The average molecular weight is 255 g/mol. The van der Waals surface area contributed by atoms with Gasteiger partial charge in [0.15, 0.2) is 0 Å². The van der Waals surface area contributed by atoms with Gasteiger partial charge >= 0.3 is 0 Å². The summed E-state index contributed by atoms with van der Waals surface area (Å²) in [6.45, 7) is 1.99. The molecule has 0 radical (unpaired) electrons. The predicted octanol–water partition coefficient (Wildman–Crippen LogP) is 2.16. The standard InChI is InChI=1S/C12H17NO3S/c1-3-9-4-5-11(16-10-6-7-10)8-12(9)13-17(2,14)15/h4-5,8,10,13H,3,6-7H2,1-2H3. The summed E-state index contributed by atoms with van der Waals surface area (Å²) in [5.41, 5.74) is 1.59. The van der Waals surface area contributed by atoms with Gasteiger partial charge in [0.2, 0.25) is 10.0 Å². The smallest absolute Gasteiger partial charge is 0.229 e. The molecule has 1 N–H and O–H groups in total. The quantitative estimate of drug-likeness (QED) is 0.877. The molecule has 0 saturated heterocycles. The molecule has 0 aromatic heterocycles. The third kappa shape index (κ3) is 3.63. The van der Waals surface area contributed by atoms with E-state index in [2.05, 4.69) is 4.72 Å². The van der Waals surface area contributed by atoms with Crippen molar-refractivity contribution in [2.45, 2.75) is 32.3 Å². The van der Waals surface area contributed by atoms with Crippen molar-refractivity contribution < 1.29 is 13.2 Å². The van der Waals surface area contributed by atoms with E-state index in [1.54, 1.807) is 6.07 Å². The molecule has 1 fully saturated rings. The van der Waals surface area contributed by atoms with Gasteiger partial charge in [0, 0.05) is 6.07 Å². The zero-order valence-electron chi connectivity index (χ0n) is 10.1. The molecule has 5 heteroatoms. The number of rotatable bonds is 5. The highest BCUT2D eigenvalue weighted by molar-refractivity contribution is 7.92. The lowest BCUT2D eigenvalue weighted by atomic mass is 10.1. The van der Waals surface area contributed by atoms with Crippen LogP contribution in [0.1, 0.15) is 25.3 Å². The first-order valence-electron chi connectivity index (χ1n) is 5.75. The molecule has 1 aromatic carbocycles. The van der Waals surface area contributed by atoms with Gasteiger partial charge < -0.3 is 4.74 Å². The molecule has 0 heterocycles. The molecule has 0 bridgehead atoms. The maximum Gasteiger partial charge on any atom is 0.229 e. The Kier molecular flexibility index (Phi) is 3.28. The van der Waals surface area contributed by atoms with E-state index in [-0.39, 0.29) is 0 Å². The van der Waals surface area contributed by atoms with E-state index in [1.807, 2.05) is 19.1 Å². The highest BCUT2D eigenvalue weighted by atomic mass is 32.2. The van der Waals surface area contributed by atoms with Gasteiger partial charge in [0.1, 0.15) is 5.75 Å². The van der Waals surface area contributed by atoms with E-state index < -0.39 is 10.0 Å². The van der Waals surface area contributed by atoms with Gasteiger partial charge in [-0.05, 0) is 30.9 Å². The Morgan fingerprint density at radius 1 is 1.41 bits per heavy atom. The zero-order valence-corrected chi connectivity index (χ0v) is 10.9. The van der Waals surface area contributed by atoms with E-state index in [4.69, 9.17) is 4.74 Å². The maximum atomic E-state index is 11.3. The van der Waals surface area contributed by atoms with E-state index in [1.165, 1.54) is 0 Å². The van der Waals surface area contributed by atoms with Gasteiger partial charge in [-0.15, -0.1) is 0 Å². The minimum Gasteiger partial charge on any atom is -0.490 e. The van der Waals surface area contributed by atoms with Crippen molar-refractivity contribution in [1.82, 2.24) is 0 Å². The van der Waals surface area contributed by atoms with Crippen LogP contribution in [0.15, 0.2) is 18.2 Å². The van der Waals surface area contributed by atoms with Crippen LogP contribution in [-0.4, -0.2) is 20.8 Å². The van der Waals surface area contributed by atoms with Crippen LogP contribution in [0.5, 0.6) is 5.75 Å².